The largest absolute Gasteiger partial charge is 0.354 e. The Kier molecular flexibility index (Phi) is 4.73. The van der Waals surface area contributed by atoms with E-state index >= 15 is 0 Å². The maximum atomic E-state index is 14.1. The van der Waals surface area contributed by atoms with E-state index in [-0.39, 0.29) is 23.4 Å². The lowest BCUT2D eigenvalue weighted by Crippen LogP contribution is -2.48. The molecule has 1 fully saturated rings. The molecule has 0 amide bonds. The zero-order valence-electron chi connectivity index (χ0n) is 15.4. The highest BCUT2D eigenvalue weighted by Crippen LogP contribution is 2.32. The summed E-state index contributed by atoms with van der Waals surface area (Å²) in [4.78, 5) is 17.9. The lowest BCUT2D eigenvalue weighted by molar-refractivity contribution is 0.415. The van der Waals surface area contributed by atoms with Crippen LogP contribution in [0, 0.1) is 30.2 Å². The molecule has 1 unspecified atom stereocenters. The second kappa shape index (κ2) is 7.11. The first-order chi connectivity index (χ1) is 13.8. The quantitative estimate of drug-likeness (QED) is 0.521. The minimum absolute atomic E-state index is 0.0130. The molecule has 2 atom stereocenters. The number of aryl methyl sites for hydroxylation is 1. The highest BCUT2D eigenvalue weighted by molar-refractivity contribution is 5.47. The fourth-order valence-electron chi connectivity index (χ4n) is 3.68. The van der Waals surface area contributed by atoms with Crippen LogP contribution >= 0.6 is 0 Å². The van der Waals surface area contributed by atoms with Crippen molar-refractivity contribution in [2.24, 2.45) is 5.73 Å². The summed E-state index contributed by atoms with van der Waals surface area (Å²) in [5.74, 6) is -4.33. The van der Waals surface area contributed by atoms with Gasteiger partial charge in [0.2, 0.25) is 5.82 Å². The van der Waals surface area contributed by atoms with E-state index in [1.807, 2.05) is 0 Å². The van der Waals surface area contributed by atoms with Crippen molar-refractivity contribution in [2.45, 2.75) is 25.3 Å². The average Bonchev–Trinajstić information content (AvgIpc) is 2.69. The van der Waals surface area contributed by atoms with Crippen LogP contribution in [0.5, 0.6) is 0 Å². The number of nitrogens with zero attached hydrogens (tertiary/aromatic N) is 4. The molecule has 0 radical (unpaired) electrons. The van der Waals surface area contributed by atoms with Crippen LogP contribution < -0.4 is 16.2 Å². The molecular formula is C19H17F4N5O. The molecule has 29 heavy (non-hydrogen) atoms. The summed E-state index contributed by atoms with van der Waals surface area (Å²) in [6.07, 6.45) is 0.359. The number of hydrogen-bond donors (Lipinski definition) is 1. The highest BCUT2D eigenvalue weighted by Gasteiger charge is 2.31. The number of hydrogen-bond acceptors (Lipinski definition) is 5. The number of nitrogens with two attached hydrogens (primary N) is 1. The van der Waals surface area contributed by atoms with Gasteiger partial charge in [0.15, 0.2) is 17.3 Å². The van der Waals surface area contributed by atoms with Gasteiger partial charge in [-0.15, -0.1) is 5.10 Å². The van der Waals surface area contributed by atoms with Crippen molar-refractivity contribution in [2.75, 3.05) is 18.0 Å². The summed E-state index contributed by atoms with van der Waals surface area (Å²) in [5, 5.41) is 4.16. The van der Waals surface area contributed by atoms with Gasteiger partial charge in [0, 0.05) is 31.1 Å². The van der Waals surface area contributed by atoms with E-state index in [0.29, 0.717) is 24.8 Å². The first kappa shape index (κ1) is 19.3. The fraction of sp³-hybridized carbons (Fsp3) is 0.316. The van der Waals surface area contributed by atoms with Crippen LogP contribution in [-0.2, 0) is 0 Å². The van der Waals surface area contributed by atoms with Gasteiger partial charge in [-0.05, 0) is 37.1 Å². The summed E-state index contributed by atoms with van der Waals surface area (Å²) >= 11 is 0. The van der Waals surface area contributed by atoms with Crippen molar-refractivity contribution in [1.82, 2.24) is 14.6 Å². The second-order valence-electron chi connectivity index (χ2n) is 7.07. The average molecular weight is 407 g/mol. The number of halogens is 4. The molecule has 1 aromatic carbocycles. The number of fused-ring (bicyclic) bond motifs is 1. The van der Waals surface area contributed by atoms with Crippen molar-refractivity contribution in [1.29, 1.82) is 0 Å². The molecule has 0 aliphatic carbocycles. The Morgan fingerprint density at radius 1 is 1.10 bits per heavy atom. The molecule has 10 heteroatoms. The van der Waals surface area contributed by atoms with Gasteiger partial charge >= 0.3 is 5.56 Å². The number of benzene rings is 1. The second-order valence-corrected chi connectivity index (χ2v) is 7.07. The molecule has 152 valence electrons. The predicted molar refractivity (Wildman–Crippen MR) is 97.8 cm³/mol. The lowest BCUT2D eigenvalue weighted by Gasteiger charge is -2.37. The summed E-state index contributed by atoms with van der Waals surface area (Å²) in [7, 11) is 0. The van der Waals surface area contributed by atoms with Gasteiger partial charge in [-0.25, -0.2) is 18.2 Å². The van der Waals surface area contributed by atoms with Crippen molar-refractivity contribution in [3.63, 3.8) is 0 Å². The van der Waals surface area contributed by atoms with E-state index in [1.54, 1.807) is 17.0 Å². The monoisotopic (exact) mass is 407 g/mol. The standard InChI is InChI=1S/C19H17F4N5O/c1-9-18(23)19(29)28-16(25-9)2-3-17(26-28)27-5-4-10(15(24)8-27)11-6-13(21)14(22)7-12(11)20/h2-3,6-7,10,15H,4-5,8,24H2,1H3/t10-,15?/m1/s1. The van der Waals surface area contributed by atoms with Crippen LogP contribution in [0.2, 0.25) is 0 Å². The smallest absolute Gasteiger partial charge is 0.310 e. The van der Waals surface area contributed by atoms with E-state index in [9.17, 15) is 22.4 Å². The zero-order valence-corrected chi connectivity index (χ0v) is 15.4. The minimum atomic E-state index is -1.25. The third-order valence-corrected chi connectivity index (χ3v) is 5.20. The lowest BCUT2D eigenvalue weighted by atomic mass is 9.85. The third-order valence-electron chi connectivity index (χ3n) is 5.20. The Morgan fingerprint density at radius 3 is 2.55 bits per heavy atom. The molecule has 3 heterocycles. The maximum absolute atomic E-state index is 14.1. The first-order valence-corrected chi connectivity index (χ1v) is 8.97. The number of aromatic nitrogens is 3. The van der Waals surface area contributed by atoms with Gasteiger partial charge in [0.05, 0.1) is 5.69 Å². The summed E-state index contributed by atoms with van der Waals surface area (Å²) in [6, 6.07) is 3.94. The summed E-state index contributed by atoms with van der Waals surface area (Å²) < 4.78 is 55.6. The van der Waals surface area contributed by atoms with Crippen LogP contribution in [-0.4, -0.2) is 33.7 Å². The van der Waals surface area contributed by atoms with E-state index in [1.165, 1.54) is 6.92 Å². The Balaban J connectivity index is 1.62. The van der Waals surface area contributed by atoms with Crippen molar-refractivity contribution < 1.29 is 17.6 Å². The molecule has 1 saturated heterocycles. The summed E-state index contributed by atoms with van der Waals surface area (Å²) in [5.41, 5.74) is 5.51. The van der Waals surface area contributed by atoms with Crippen LogP contribution in [0.25, 0.3) is 5.65 Å². The van der Waals surface area contributed by atoms with E-state index in [0.717, 1.165) is 10.6 Å². The highest BCUT2D eigenvalue weighted by atomic mass is 19.2. The maximum Gasteiger partial charge on any atom is 0.310 e. The third kappa shape index (κ3) is 3.33. The fourth-order valence-corrected chi connectivity index (χ4v) is 3.68. The molecule has 2 aromatic heterocycles. The molecule has 3 aromatic rings. The Hall–Kier alpha value is -3.01. The van der Waals surface area contributed by atoms with Crippen molar-refractivity contribution in [3.05, 3.63) is 69.1 Å². The van der Waals surface area contributed by atoms with E-state index < -0.39 is 40.8 Å². The first-order valence-electron chi connectivity index (χ1n) is 8.97. The molecule has 6 nitrogen and oxygen atoms in total. The van der Waals surface area contributed by atoms with Gasteiger partial charge in [0.1, 0.15) is 11.6 Å². The molecule has 2 N–H and O–H groups in total. The molecule has 4 rings (SSSR count). The molecule has 1 aliphatic rings. The normalized spacial score (nSPS) is 19.7. The summed E-state index contributed by atoms with van der Waals surface area (Å²) in [6.45, 7) is 2.01. The zero-order chi connectivity index (χ0) is 20.9. The number of rotatable bonds is 2. The Morgan fingerprint density at radius 2 is 1.83 bits per heavy atom. The van der Waals surface area contributed by atoms with Crippen LogP contribution in [0.1, 0.15) is 23.6 Å². The predicted octanol–water partition coefficient (Wildman–Crippen LogP) is 2.28. The number of anilines is 1. The van der Waals surface area contributed by atoms with Gasteiger partial charge < -0.3 is 10.6 Å². The molecule has 1 aliphatic heterocycles. The van der Waals surface area contributed by atoms with Gasteiger partial charge in [-0.2, -0.15) is 8.91 Å². The van der Waals surface area contributed by atoms with E-state index in [4.69, 9.17) is 5.73 Å². The van der Waals surface area contributed by atoms with Gasteiger partial charge in [-0.3, -0.25) is 4.79 Å². The van der Waals surface area contributed by atoms with Crippen molar-refractivity contribution in [3.8, 4) is 0 Å². The van der Waals surface area contributed by atoms with E-state index in [2.05, 4.69) is 10.1 Å². The van der Waals surface area contributed by atoms with Crippen LogP contribution in [0.3, 0.4) is 0 Å². The molecule has 0 saturated carbocycles. The van der Waals surface area contributed by atoms with Crippen molar-refractivity contribution >= 4 is 11.5 Å². The topological polar surface area (TPSA) is 76.5 Å². The molecular weight excluding hydrogens is 390 g/mol. The van der Waals surface area contributed by atoms with Gasteiger partial charge in [-0.1, -0.05) is 0 Å². The Labute approximate surface area is 162 Å². The SMILES string of the molecule is Cc1nc2ccc(N3CC[C@H](c4cc(F)c(F)cc4F)C(N)C3)nn2c(=O)c1F. The Bertz CT molecular complexity index is 1170. The molecule has 0 spiro atoms. The number of piperidine rings is 1. The van der Waals surface area contributed by atoms with Crippen LogP contribution in [0.15, 0.2) is 29.1 Å². The van der Waals surface area contributed by atoms with Crippen LogP contribution in [0.4, 0.5) is 23.4 Å². The molecule has 0 bridgehead atoms. The minimum Gasteiger partial charge on any atom is -0.354 e. The van der Waals surface area contributed by atoms with Gasteiger partial charge in [0.25, 0.3) is 0 Å².